The third-order valence-corrected chi connectivity index (χ3v) is 3.06. The quantitative estimate of drug-likeness (QED) is 0.820. The van der Waals surface area contributed by atoms with Gasteiger partial charge in [0.05, 0.1) is 12.2 Å². The maximum atomic E-state index is 12.1. The first-order valence-electron chi connectivity index (χ1n) is 7.08. The van der Waals surface area contributed by atoms with Gasteiger partial charge in [0.25, 0.3) is 5.91 Å². The second-order valence-corrected chi connectivity index (χ2v) is 4.81. The first kappa shape index (κ1) is 15.7. The molecule has 7 heteroatoms. The predicted octanol–water partition coefficient (Wildman–Crippen LogP) is 0.653. The van der Waals surface area contributed by atoms with Crippen molar-refractivity contribution in [1.29, 1.82) is 0 Å². The number of carbonyl (C=O) groups excluding carboxylic acids is 2. The van der Waals surface area contributed by atoms with Gasteiger partial charge in [0.2, 0.25) is 5.91 Å². The largest absolute Gasteiger partial charge is 0.350 e. The van der Waals surface area contributed by atoms with E-state index in [-0.39, 0.29) is 18.4 Å². The summed E-state index contributed by atoms with van der Waals surface area (Å²) in [5.74, 6) is -0.560. The zero-order valence-corrected chi connectivity index (χ0v) is 12.7. The maximum absolute atomic E-state index is 12.1. The molecular formula is C15H19N5O2. The lowest BCUT2D eigenvalue weighted by molar-refractivity contribution is -0.120. The van der Waals surface area contributed by atoms with Crippen molar-refractivity contribution < 1.29 is 9.59 Å². The molecule has 2 heterocycles. The van der Waals surface area contributed by atoms with Crippen LogP contribution in [0.4, 0.5) is 0 Å². The molecule has 0 aromatic carbocycles. The molecule has 2 amide bonds. The molecule has 0 spiro atoms. The van der Waals surface area contributed by atoms with Gasteiger partial charge in [-0.2, -0.15) is 5.10 Å². The normalized spacial score (nSPS) is 10.3. The molecular weight excluding hydrogens is 282 g/mol. The van der Waals surface area contributed by atoms with E-state index >= 15 is 0 Å². The fourth-order valence-corrected chi connectivity index (χ4v) is 1.99. The molecule has 22 heavy (non-hydrogen) atoms. The molecule has 0 atom stereocenters. The van der Waals surface area contributed by atoms with Crippen molar-refractivity contribution in [2.75, 3.05) is 6.54 Å². The summed E-state index contributed by atoms with van der Waals surface area (Å²) in [5.41, 5.74) is 2.13. The van der Waals surface area contributed by atoms with Gasteiger partial charge in [-0.1, -0.05) is 6.07 Å². The lowest BCUT2D eigenvalue weighted by Crippen LogP contribution is -2.37. The molecule has 0 aliphatic heterocycles. The number of nitrogens with one attached hydrogen (secondary N) is 2. The summed E-state index contributed by atoms with van der Waals surface area (Å²) in [5, 5.41) is 9.52. The third kappa shape index (κ3) is 4.15. The molecule has 0 aliphatic carbocycles. The number of aromatic nitrogens is 3. The first-order chi connectivity index (χ1) is 10.6. The van der Waals surface area contributed by atoms with Crippen LogP contribution in [0.5, 0.6) is 0 Å². The molecule has 0 saturated heterocycles. The first-order valence-corrected chi connectivity index (χ1v) is 7.08. The number of hydrogen-bond acceptors (Lipinski definition) is 4. The van der Waals surface area contributed by atoms with E-state index in [1.807, 2.05) is 19.9 Å². The minimum atomic E-state index is -0.307. The topological polar surface area (TPSA) is 88.9 Å². The minimum Gasteiger partial charge on any atom is -0.350 e. The lowest BCUT2D eigenvalue weighted by Gasteiger charge is -2.07. The predicted molar refractivity (Wildman–Crippen MR) is 81.1 cm³/mol. The van der Waals surface area contributed by atoms with Crippen molar-refractivity contribution in [3.8, 4) is 0 Å². The standard InChI is InChI=1S/C15H19N5O2/c1-3-20-13(7-11(2)19-20)15(22)18-10-14(21)17-9-12-5-4-6-16-8-12/h4-8H,3,9-10H2,1-2H3,(H,17,21)(H,18,22). The van der Waals surface area contributed by atoms with Crippen LogP contribution in [0.3, 0.4) is 0 Å². The highest BCUT2D eigenvalue weighted by molar-refractivity contribution is 5.95. The average Bonchev–Trinajstić information content (AvgIpc) is 2.92. The minimum absolute atomic E-state index is 0.0764. The monoisotopic (exact) mass is 301 g/mol. The summed E-state index contributed by atoms with van der Waals surface area (Å²) >= 11 is 0. The zero-order chi connectivity index (χ0) is 15.9. The van der Waals surface area contributed by atoms with Gasteiger partial charge in [0.15, 0.2) is 0 Å². The number of carbonyl (C=O) groups is 2. The zero-order valence-electron chi connectivity index (χ0n) is 12.7. The van der Waals surface area contributed by atoms with Crippen LogP contribution in [0.25, 0.3) is 0 Å². The highest BCUT2D eigenvalue weighted by Gasteiger charge is 2.13. The van der Waals surface area contributed by atoms with Crippen molar-refractivity contribution in [2.24, 2.45) is 0 Å². The van der Waals surface area contributed by atoms with E-state index in [2.05, 4.69) is 20.7 Å². The number of rotatable bonds is 6. The van der Waals surface area contributed by atoms with E-state index in [9.17, 15) is 9.59 Å². The van der Waals surface area contributed by atoms with E-state index < -0.39 is 0 Å². The van der Waals surface area contributed by atoms with Gasteiger partial charge in [-0.25, -0.2) is 0 Å². The van der Waals surface area contributed by atoms with Crippen molar-refractivity contribution in [3.63, 3.8) is 0 Å². The van der Waals surface area contributed by atoms with Crippen LogP contribution in [0.15, 0.2) is 30.6 Å². The number of amides is 2. The fraction of sp³-hybridized carbons (Fsp3) is 0.333. The molecule has 2 aromatic heterocycles. The van der Waals surface area contributed by atoms with Gasteiger partial charge in [-0.15, -0.1) is 0 Å². The highest BCUT2D eigenvalue weighted by Crippen LogP contribution is 2.03. The number of nitrogens with zero attached hydrogens (tertiary/aromatic N) is 3. The van der Waals surface area contributed by atoms with Gasteiger partial charge < -0.3 is 10.6 Å². The molecule has 2 rings (SSSR count). The van der Waals surface area contributed by atoms with E-state index in [1.54, 1.807) is 29.2 Å². The van der Waals surface area contributed by atoms with Crippen molar-refractivity contribution in [2.45, 2.75) is 26.9 Å². The Labute approximate surface area is 128 Å². The van der Waals surface area contributed by atoms with Crippen LogP contribution in [0.2, 0.25) is 0 Å². The van der Waals surface area contributed by atoms with Gasteiger partial charge >= 0.3 is 0 Å². The summed E-state index contributed by atoms with van der Waals surface area (Å²) in [7, 11) is 0. The van der Waals surface area contributed by atoms with Crippen LogP contribution in [-0.2, 0) is 17.9 Å². The van der Waals surface area contributed by atoms with Crippen molar-refractivity contribution in [1.82, 2.24) is 25.4 Å². The summed E-state index contributed by atoms with van der Waals surface area (Å²) in [6, 6.07) is 5.37. The Balaban J connectivity index is 1.81. The SMILES string of the molecule is CCn1nc(C)cc1C(=O)NCC(=O)NCc1cccnc1. The van der Waals surface area contributed by atoms with Crippen LogP contribution >= 0.6 is 0 Å². The summed E-state index contributed by atoms with van der Waals surface area (Å²) < 4.78 is 1.61. The second-order valence-electron chi connectivity index (χ2n) is 4.81. The van der Waals surface area contributed by atoms with Crippen LogP contribution in [0.1, 0.15) is 28.7 Å². The smallest absolute Gasteiger partial charge is 0.269 e. The average molecular weight is 301 g/mol. The molecule has 116 valence electrons. The van der Waals surface area contributed by atoms with E-state index in [0.29, 0.717) is 18.8 Å². The molecule has 2 aromatic rings. The molecule has 0 aliphatic rings. The molecule has 0 unspecified atom stereocenters. The lowest BCUT2D eigenvalue weighted by atomic mass is 10.3. The Morgan fingerprint density at radius 2 is 2.14 bits per heavy atom. The van der Waals surface area contributed by atoms with Crippen LogP contribution < -0.4 is 10.6 Å². The molecule has 7 nitrogen and oxygen atoms in total. The molecule has 0 bridgehead atoms. The molecule has 0 fully saturated rings. The molecule has 0 radical (unpaired) electrons. The Hall–Kier alpha value is -2.70. The highest BCUT2D eigenvalue weighted by atomic mass is 16.2. The van der Waals surface area contributed by atoms with Gasteiger partial charge in [-0.3, -0.25) is 19.3 Å². The fourth-order valence-electron chi connectivity index (χ4n) is 1.99. The van der Waals surface area contributed by atoms with E-state index in [0.717, 1.165) is 11.3 Å². The van der Waals surface area contributed by atoms with Gasteiger partial charge in [-0.05, 0) is 31.5 Å². The van der Waals surface area contributed by atoms with Gasteiger partial charge in [0.1, 0.15) is 5.69 Å². The van der Waals surface area contributed by atoms with Crippen molar-refractivity contribution in [3.05, 3.63) is 47.5 Å². The number of hydrogen-bond donors (Lipinski definition) is 2. The Morgan fingerprint density at radius 3 is 2.82 bits per heavy atom. The Kier molecular flexibility index (Phi) is 5.24. The number of pyridine rings is 1. The number of aryl methyl sites for hydroxylation is 2. The second kappa shape index (κ2) is 7.35. The van der Waals surface area contributed by atoms with Crippen LogP contribution in [0, 0.1) is 6.92 Å². The maximum Gasteiger partial charge on any atom is 0.269 e. The van der Waals surface area contributed by atoms with Crippen LogP contribution in [-0.4, -0.2) is 33.1 Å². The van der Waals surface area contributed by atoms with Crippen molar-refractivity contribution >= 4 is 11.8 Å². The molecule has 2 N–H and O–H groups in total. The Bertz CT molecular complexity index is 651. The summed E-state index contributed by atoms with van der Waals surface area (Å²) in [4.78, 5) is 27.8. The van der Waals surface area contributed by atoms with Gasteiger partial charge in [0, 0.05) is 25.5 Å². The molecule has 0 saturated carbocycles. The van der Waals surface area contributed by atoms with E-state index in [1.165, 1.54) is 0 Å². The summed E-state index contributed by atoms with van der Waals surface area (Å²) in [6.07, 6.45) is 3.35. The Morgan fingerprint density at radius 1 is 1.32 bits per heavy atom. The summed E-state index contributed by atoms with van der Waals surface area (Å²) in [6.45, 7) is 4.64. The van der Waals surface area contributed by atoms with E-state index in [4.69, 9.17) is 0 Å². The third-order valence-electron chi connectivity index (χ3n) is 3.06.